The Bertz CT molecular complexity index is 1220. The first-order valence-corrected chi connectivity index (χ1v) is 11.2. The minimum atomic E-state index is -0.495. The van der Waals surface area contributed by atoms with Crippen molar-refractivity contribution in [1.29, 1.82) is 0 Å². The van der Waals surface area contributed by atoms with Crippen molar-refractivity contribution in [2.24, 2.45) is 4.36 Å². The molecule has 4 aromatic rings. The third-order valence-electron chi connectivity index (χ3n) is 4.31. The summed E-state index contributed by atoms with van der Waals surface area (Å²) in [6.45, 7) is 0. The second-order valence-corrected chi connectivity index (χ2v) is 8.91. The van der Waals surface area contributed by atoms with Crippen LogP contribution in [-0.2, 0) is 10.7 Å². The van der Waals surface area contributed by atoms with Crippen LogP contribution in [0.25, 0.3) is 10.9 Å². The lowest BCUT2D eigenvalue weighted by Gasteiger charge is -2.11. The Kier molecular flexibility index (Phi) is 5.51. The summed E-state index contributed by atoms with van der Waals surface area (Å²) in [6, 6.07) is 20.2. The molecule has 1 heterocycles. The van der Waals surface area contributed by atoms with Crippen molar-refractivity contribution in [2.45, 2.75) is 4.90 Å². The van der Waals surface area contributed by atoms with Crippen molar-refractivity contribution < 1.29 is 10.2 Å². The molecule has 1 aromatic heterocycles. The zero-order chi connectivity index (χ0) is 20.4. The molecule has 1 unspecified atom stereocenters. The van der Waals surface area contributed by atoms with E-state index in [4.69, 9.17) is 4.36 Å². The van der Waals surface area contributed by atoms with Gasteiger partial charge >= 0.3 is 0 Å². The highest BCUT2D eigenvalue weighted by atomic mass is 79.9. The fourth-order valence-corrected chi connectivity index (χ4v) is 4.67. The van der Waals surface area contributed by atoms with Gasteiger partial charge in [-0.1, -0.05) is 38.8 Å². The summed E-state index contributed by atoms with van der Waals surface area (Å²) in [6.07, 6.45) is 3.72. The van der Waals surface area contributed by atoms with E-state index in [2.05, 4.69) is 26.2 Å². The van der Waals surface area contributed by atoms with Gasteiger partial charge in [0.05, 0.1) is 16.1 Å². The molecule has 0 radical (unpaired) electrons. The lowest BCUT2D eigenvalue weighted by molar-refractivity contribution is 0.462. The number of halogens is 1. The zero-order valence-electron chi connectivity index (χ0n) is 15.5. The molecule has 0 aliphatic heterocycles. The van der Waals surface area contributed by atoms with Crippen LogP contribution < -0.4 is 5.32 Å². The number of benzene rings is 3. The average Bonchev–Trinajstić information content (AvgIpc) is 2.68. The Morgan fingerprint density at radius 1 is 1.00 bits per heavy atom. The first-order valence-electron chi connectivity index (χ1n) is 8.81. The van der Waals surface area contributed by atoms with Gasteiger partial charge in [0.2, 0.25) is 0 Å². The predicted octanol–water partition coefficient (Wildman–Crippen LogP) is 6.27. The van der Waals surface area contributed by atoms with Gasteiger partial charge in [0.25, 0.3) is 0 Å². The van der Waals surface area contributed by atoms with Gasteiger partial charge in [0.15, 0.2) is 0 Å². The highest BCUT2D eigenvalue weighted by Crippen LogP contribution is 2.32. The molecule has 0 fully saturated rings. The number of hydrogen-bond acceptors (Lipinski definition) is 5. The fraction of sp³-hybridized carbons (Fsp3) is 0.0455. The smallest absolute Gasteiger partial charge is 0.130 e. The highest BCUT2D eigenvalue weighted by Gasteiger charge is 2.07. The molecular formula is C22H18BrN3O2S. The second-order valence-electron chi connectivity index (χ2n) is 6.42. The van der Waals surface area contributed by atoms with E-state index in [1.54, 1.807) is 30.5 Å². The monoisotopic (exact) mass is 467 g/mol. The fourth-order valence-electron chi connectivity index (χ4n) is 3.02. The normalized spacial score (nSPS) is 12.2. The Labute approximate surface area is 179 Å². The summed E-state index contributed by atoms with van der Waals surface area (Å²) in [5.74, 6) is 0.426. The van der Waals surface area contributed by atoms with Crippen LogP contribution in [0.3, 0.4) is 0 Å². The Hall–Kier alpha value is -2.90. The number of hydrogen-bond donors (Lipinski definition) is 3. The van der Waals surface area contributed by atoms with Crippen molar-refractivity contribution in [2.75, 3.05) is 11.6 Å². The largest absolute Gasteiger partial charge is 0.508 e. The minimum absolute atomic E-state index is 0.175. The highest BCUT2D eigenvalue weighted by molar-refractivity contribution is 9.10. The van der Waals surface area contributed by atoms with Gasteiger partial charge in [0, 0.05) is 33.5 Å². The summed E-state index contributed by atoms with van der Waals surface area (Å²) < 4.78 is 5.57. The first-order chi connectivity index (χ1) is 14.0. The second kappa shape index (κ2) is 8.23. The van der Waals surface area contributed by atoms with E-state index < -0.39 is 10.7 Å². The number of pyridine rings is 1. The molecule has 146 valence electrons. The lowest BCUT2D eigenvalue weighted by Crippen LogP contribution is -1.93. The Morgan fingerprint density at radius 3 is 2.62 bits per heavy atom. The number of fused-ring (bicyclic) bond motifs is 1. The van der Waals surface area contributed by atoms with E-state index in [1.165, 1.54) is 0 Å². The van der Waals surface area contributed by atoms with E-state index >= 15 is 0 Å². The van der Waals surface area contributed by atoms with Crippen molar-refractivity contribution in [1.82, 2.24) is 4.98 Å². The average molecular weight is 468 g/mol. The molecule has 3 N–H and O–H groups in total. The number of phenolic OH excluding ortho intramolecular Hbond substituents is 2. The molecular weight excluding hydrogens is 450 g/mol. The van der Waals surface area contributed by atoms with Crippen LogP contribution in [-0.4, -0.2) is 21.5 Å². The third kappa shape index (κ3) is 4.41. The number of nitrogens with one attached hydrogen (secondary N) is 1. The zero-order valence-corrected chi connectivity index (χ0v) is 17.9. The molecule has 7 heteroatoms. The summed E-state index contributed by atoms with van der Waals surface area (Å²) in [5.41, 5.74) is 3.27. The van der Waals surface area contributed by atoms with Crippen LogP contribution >= 0.6 is 15.9 Å². The summed E-state index contributed by atoms with van der Waals surface area (Å²) in [5, 5.41) is 24.2. The molecule has 1 atom stereocenters. The number of rotatable bonds is 4. The van der Waals surface area contributed by atoms with Gasteiger partial charge in [0.1, 0.15) is 11.5 Å². The number of anilines is 2. The minimum Gasteiger partial charge on any atom is -0.508 e. The molecule has 0 saturated heterocycles. The number of aromatic hydroxyl groups is 2. The van der Waals surface area contributed by atoms with Gasteiger partial charge in [-0.3, -0.25) is 4.98 Å². The van der Waals surface area contributed by atoms with E-state index in [9.17, 15) is 10.2 Å². The van der Waals surface area contributed by atoms with Crippen LogP contribution in [0, 0.1) is 0 Å². The number of para-hydroxylation sites is 1. The van der Waals surface area contributed by atoms with Crippen LogP contribution in [0.15, 0.2) is 86.7 Å². The molecule has 0 saturated carbocycles. The summed E-state index contributed by atoms with van der Waals surface area (Å²) >= 11 is 3.40. The summed E-state index contributed by atoms with van der Waals surface area (Å²) in [7, 11) is -0.495. The van der Waals surface area contributed by atoms with Crippen molar-refractivity contribution >= 4 is 54.6 Å². The molecule has 0 amide bonds. The van der Waals surface area contributed by atoms with Crippen LogP contribution in [0.1, 0.15) is 0 Å². The summed E-state index contributed by atoms with van der Waals surface area (Å²) in [4.78, 5) is 5.24. The quantitative estimate of drug-likeness (QED) is 0.330. The van der Waals surface area contributed by atoms with Gasteiger partial charge in [-0.25, -0.2) is 4.36 Å². The molecule has 0 aliphatic carbocycles. The van der Waals surface area contributed by atoms with Crippen LogP contribution in [0.4, 0.5) is 17.1 Å². The van der Waals surface area contributed by atoms with Crippen molar-refractivity contribution in [3.05, 3.63) is 77.4 Å². The molecule has 0 spiro atoms. The lowest BCUT2D eigenvalue weighted by atomic mass is 10.1. The Morgan fingerprint density at radius 2 is 1.83 bits per heavy atom. The van der Waals surface area contributed by atoms with Gasteiger partial charge in [-0.2, -0.15) is 0 Å². The molecule has 0 aliphatic rings. The molecule has 29 heavy (non-hydrogen) atoms. The van der Waals surface area contributed by atoms with E-state index in [0.717, 1.165) is 37.3 Å². The maximum absolute atomic E-state index is 10.1. The van der Waals surface area contributed by atoms with Crippen LogP contribution in [0.5, 0.6) is 11.5 Å². The predicted molar refractivity (Wildman–Crippen MR) is 123 cm³/mol. The number of phenols is 2. The maximum atomic E-state index is 10.1. The van der Waals surface area contributed by atoms with Gasteiger partial charge < -0.3 is 15.5 Å². The van der Waals surface area contributed by atoms with Gasteiger partial charge in [-0.15, -0.1) is 0 Å². The first kappa shape index (κ1) is 19.4. The molecule has 5 nitrogen and oxygen atoms in total. The molecule has 3 aromatic carbocycles. The molecule has 0 bridgehead atoms. The van der Waals surface area contributed by atoms with Crippen molar-refractivity contribution in [3.63, 3.8) is 0 Å². The van der Waals surface area contributed by atoms with Gasteiger partial charge in [-0.05, 0) is 54.8 Å². The van der Waals surface area contributed by atoms with E-state index in [-0.39, 0.29) is 11.5 Å². The number of nitrogens with zero attached hydrogens (tertiary/aromatic N) is 2. The standard InChI is InChI=1S/C22H18BrN3O2S/c1-29(22-5-3-2-4-21(22)28)26-15-6-7-19-18(13-15)20(8-9-24-19)25-16-10-14(23)11-17(27)12-16/h2-13,27-28H,1H3,(H,24,25). The van der Waals surface area contributed by atoms with E-state index in [1.807, 2.05) is 48.7 Å². The van der Waals surface area contributed by atoms with E-state index in [0.29, 0.717) is 0 Å². The Balaban J connectivity index is 1.74. The maximum Gasteiger partial charge on any atom is 0.130 e. The van der Waals surface area contributed by atoms with Crippen LogP contribution in [0.2, 0.25) is 0 Å². The topological polar surface area (TPSA) is 77.7 Å². The SMILES string of the molecule is CS(=Nc1ccc2nccc(Nc3cc(O)cc(Br)c3)c2c1)c1ccccc1O. The third-order valence-corrected chi connectivity index (χ3v) is 6.24. The van der Waals surface area contributed by atoms with Crippen molar-refractivity contribution in [3.8, 4) is 11.5 Å². The number of aromatic nitrogens is 1. The molecule has 4 rings (SSSR count).